The van der Waals surface area contributed by atoms with Crippen molar-refractivity contribution in [3.8, 4) is 0 Å². The van der Waals surface area contributed by atoms with Gasteiger partial charge in [-0.1, -0.05) is 29.3 Å². The second-order valence-electron chi connectivity index (χ2n) is 6.68. The molecule has 4 heteroatoms. The fourth-order valence-electron chi connectivity index (χ4n) is 2.88. The molecule has 24 heavy (non-hydrogen) atoms. The summed E-state index contributed by atoms with van der Waals surface area (Å²) in [5, 5.41) is 10.3. The van der Waals surface area contributed by atoms with Crippen LogP contribution in [0.1, 0.15) is 39.2 Å². The largest absolute Gasteiger partial charge is 0.393 e. The first-order valence-electron chi connectivity index (χ1n) is 8.42. The van der Waals surface area contributed by atoms with Crippen molar-refractivity contribution in [3.05, 3.63) is 52.1 Å². The summed E-state index contributed by atoms with van der Waals surface area (Å²) < 4.78 is 0. The number of likely N-dealkylation sites (tertiary alicyclic amines) is 1. The van der Waals surface area contributed by atoms with Crippen molar-refractivity contribution in [2.24, 2.45) is 0 Å². The number of halogens is 1. The summed E-state index contributed by atoms with van der Waals surface area (Å²) in [6, 6.07) is 7.65. The van der Waals surface area contributed by atoms with E-state index in [0.717, 1.165) is 48.2 Å². The molecule has 0 saturated carbocycles. The molecule has 1 aliphatic heterocycles. The maximum atomic E-state index is 12.7. The molecule has 1 heterocycles. The molecule has 0 spiro atoms. The van der Waals surface area contributed by atoms with Crippen molar-refractivity contribution >= 4 is 23.0 Å². The van der Waals surface area contributed by atoms with E-state index >= 15 is 0 Å². The monoisotopic (exact) mass is 347 g/mol. The summed E-state index contributed by atoms with van der Waals surface area (Å²) in [5.41, 5.74) is 3.90. The SMILES string of the molecule is CC(C)=C(/C=C(\C)c1ccc(Cl)cc1)C(=O)CN1CCC(O)CC1. The lowest BCUT2D eigenvalue weighted by molar-refractivity contribution is -0.117. The summed E-state index contributed by atoms with van der Waals surface area (Å²) in [5.74, 6) is 0.139. The third-order valence-electron chi connectivity index (χ3n) is 4.42. The van der Waals surface area contributed by atoms with E-state index < -0.39 is 0 Å². The molecule has 0 atom stereocenters. The van der Waals surface area contributed by atoms with Crippen LogP contribution in [0, 0.1) is 0 Å². The second-order valence-corrected chi connectivity index (χ2v) is 7.11. The zero-order valence-corrected chi connectivity index (χ0v) is 15.4. The van der Waals surface area contributed by atoms with E-state index in [4.69, 9.17) is 11.6 Å². The fraction of sp³-hybridized carbons (Fsp3) is 0.450. The molecule has 1 aliphatic rings. The van der Waals surface area contributed by atoms with Gasteiger partial charge in [-0.25, -0.2) is 0 Å². The molecule has 1 N–H and O–H groups in total. The molecule has 0 bridgehead atoms. The van der Waals surface area contributed by atoms with Gasteiger partial charge in [0.2, 0.25) is 0 Å². The zero-order chi connectivity index (χ0) is 17.7. The van der Waals surface area contributed by atoms with Crippen LogP contribution in [0.3, 0.4) is 0 Å². The van der Waals surface area contributed by atoms with Gasteiger partial charge in [0.1, 0.15) is 0 Å². The van der Waals surface area contributed by atoms with Crippen molar-refractivity contribution in [1.82, 2.24) is 4.90 Å². The lowest BCUT2D eigenvalue weighted by atomic mass is 9.98. The predicted octanol–water partition coefficient (Wildman–Crippen LogP) is 4.11. The topological polar surface area (TPSA) is 40.5 Å². The number of nitrogens with zero attached hydrogens (tertiary/aromatic N) is 1. The number of carbonyl (C=O) groups is 1. The Morgan fingerprint density at radius 3 is 2.33 bits per heavy atom. The van der Waals surface area contributed by atoms with Gasteiger partial charge in [-0.15, -0.1) is 0 Å². The summed E-state index contributed by atoms with van der Waals surface area (Å²) in [6.07, 6.45) is 3.25. The van der Waals surface area contributed by atoms with Crippen LogP contribution in [0.4, 0.5) is 0 Å². The Morgan fingerprint density at radius 1 is 1.21 bits per heavy atom. The van der Waals surface area contributed by atoms with Crippen LogP contribution in [-0.4, -0.2) is 41.5 Å². The van der Waals surface area contributed by atoms with Crippen molar-refractivity contribution in [2.45, 2.75) is 39.7 Å². The molecule has 0 aromatic heterocycles. The average Bonchev–Trinajstić information content (AvgIpc) is 2.54. The van der Waals surface area contributed by atoms with Gasteiger partial charge in [0.25, 0.3) is 0 Å². The van der Waals surface area contributed by atoms with E-state index in [1.54, 1.807) is 0 Å². The lowest BCUT2D eigenvalue weighted by Gasteiger charge is -2.29. The van der Waals surface area contributed by atoms with Gasteiger partial charge in [0.15, 0.2) is 5.78 Å². The number of allylic oxidation sites excluding steroid dienone is 3. The maximum absolute atomic E-state index is 12.7. The molecule has 1 aromatic rings. The quantitative estimate of drug-likeness (QED) is 0.643. The molecule has 2 rings (SSSR count). The minimum atomic E-state index is -0.216. The number of piperidine rings is 1. The Balaban J connectivity index is 2.11. The number of carbonyl (C=O) groups excluding carboxylic acids is 1. The number of hydrogen-bond donors (Lipinski definition) is 1. The third-order valence-corrected chi connectivity index (χ3v) is 4.68. The first-order valence-corrected chi connectivity index (χ1v) is 8.80. The Morgan fingerprint density at radius 2 is 1.79 bits per heavy atom. The van der Waals surface area contributed by atoms with Crippen LogP contribution in [0.15, 0.2) is 41.5 Å². The minimum absolute atomic E-state index is 0.139. The van der Waals surface area contributed by atoms with E-state index in [1.807, 2.05) is 51.1 Å². The zero-order valence-electron chi connectivity index (χ0n) is 14.7. The summed E-state index contributed by atoms with van der Waals surface area (Å²) in [6.45, 7) is 7.93. The van der Waals surface area contributed by atoms with Gasteiger partial charge < -0.3 is 5.11 Å². The molecule has 1 aromatic carbocycles. The Kier molecular flexibility index (Phi) is 6.79. The molecule has 0 aliphatic carbocycles. The number of aliphatic hydroxyl groups is 1. The smallest absolute Gasteiger partial charge is 0.176 e. The van der Waals surface area contributed by atoms with Crippen molar-refractivity contribution in [1.29, 1.82) is 0 Å². The van der Waals surface area contributed by atoms with Crippen LogP contribution in [0.25, 0.3) is 5.57 Å². The first kappa shape index (κ1) is 18.9. The van der Waals surface area contributed by atoms with Gasteiger partial charge in [-0.05, 0) is 63.0 Å². The van der Waals surface area contributed by atoms with E-state index in [0.29, 0.717) is 11.6 Å². The predicted molar refractivity (Wildman–Crippen MR) is 100 cm³/mol. The van der Waals surface area contributed by atoms with Crippen LogP contribution in [-0.2, 0) is 4.79 Å². The Bertz CT molecular complexity index is 634. The van der Waals surface area contributed by atoms with E-state index in [2.05, 4.69) is 4.90 Å². The molecular weight excluding hydrogens is 322 g/mol. The normalized spacial score (nSPS) is 17.0. The summed E-state index contributed by atoms with van der Waals surface area (Å²) in [4.78, 5) is 14.9. The number of rotatable bonds is 5. The first-order chi connectivity index (χ1) is 11.4. The molecule has 130 valence electrons. The van der Waals surface area contributed by atoms with Crippen molar-refractivity contribution < 1.29 is 9.90 Å². The van der Waals surface area contributed by atoms with Gasteiger partial charge in [-0.3, -0.25) is 9.69 Å². The number of hydrogen-bond acceptors (Lipinski definition) is 3. The highest BCUT2D eigenvalue weighted by Gasteiger charge is 2.20. The van der Waals surface area contributed by atoms with E-state index in [9.17, 15) is 9.90 Å². The lowest BCUT2D eigenvalue weighted by Crippen LogP contribution is -2.39. The van der Waals surface area contributed by atoms with Crippen LogP contribution >= 0.6 is 11.6 Å². The van der Waals surface area contributed by atoms with E-state index in [1.165, 1.54) is 0 Å². The second kappa shape index (κ2) is 8.61. The number of ketones is 1. The standard InChI is InChI=1S/C20H26ClNO2/c1-14(2)19(12-15(3)16-4-6-17(21)7-5-16)20(24)13-22-10-8-18(23)9-11-22/h4-7,12,18,23H,8-11,13H2,1-3H3/b15-12+. The highest BCUT2D eigenvalue weighted by Crippen LogP contribution is 2.21. The highest BCUT2D eigenvalue weighted by atomic mass is 35.5. The maximum Gasteiger partial charge on any atom is 0.176 e. The molecular formula is C20H26ClNO2. The minimum Gasteiger partial charge on any atom is -0.393 e. The summed E-state index contributed by atoms with van der Waals surface area (Å²) in [7, 11) is 0. The van der Waals surface area contributed by atoms with Crippen LogP contribution in [0.5, 0.6) is 0 Å². The Labute approximate surface area is 149 Å². The molecule has 3 nitrogen and oxygen atoms in total. The Hall–Kier alpha value is -1.42. The molecule has 0 amide bonds. The molecule has 1 saturated heterocycles. The van der Waals surface area contributed by atoms with Crippen molar-refractivity contribution in [3.63, 3.8) is 0 Å². The van der Waals surface area contributed by atoms with Gasteiger partial charge >= 0.3 is 0 Å². The van der Waals surface area contributed by atoms with Crippen LogP contribution < -0.4 is 0 Å². The third kappa shape index (κ3) is 5.30. The highest BCUT2D eigenvalue weighted by molar-refractivity contribution is 6.30. The fourth-order valence-corrected chi connectivity index (χ4v) is 3.01. The van der Waals surface area contributed by atoms with Crippen molar-refractivity contribution in [2.75, 3.05) is 19.6 Å². The van der Waals surface area contributed by atoms with Crippen LogP contribution in [0.2, 0.25) is 5.02 Å². The molecule has 1 fully saturated rings. The number of Topliss-reactive ketones (excluding diaryl/α,β-unsaturated/α-hetero) is 1. The number of aliphatic hydroxyl groups excluding tert-OH is 1. The van der Waals surface area contributed by atoms with E-state index in [-0.39, 0.29) is 11.9 Å². The summed E-state index contributed by atoms with van der Waals surface area (Å²) >= 11 is 5.94. The van der Waals surface area contributed by atoms with Gasteiger partial charge in [0.05, 0.1) is 12.6 Å². The molecule has 0 radical (unpaired) electrons. The van der Waals surface area contributed by atoms with Gasteiger partial charge in [0, 0.05) is 23.7 Å². The molecule has 0 unspecified atom stereocenters. The van der Waals surface area contributed by atoms with Gasteiger partial charge in [-0.2, -0.15) is 0 Å². The average molecular weight is 348 g/mol. The number of benzene rings is 1.